The van der Waals surface area contributed by atoms with Crippen molar-refractivity contribution in [3.8, 4) is 0 Å². The topological polar surface area (TPSA) is 26.3 Å². The van der Waals surface area contributed by atoms with Gasteiger partial charge >= 0.3 is 5.97 Å². The summed E-state index contributed by atoms with van der Waals surface area (Å²) in [4.78, 5) is 11.4. The van der Waals surface area contributed by atoms with Crippen molar-refractivity contribution in [2.75, 3.05) is 6.61 Å². The smallest absolute Gasteiger partial charge is 0.306 e. The Bertz CT molecular complexity index is 341. The van der Waals surface area contributed by atoms with Crippen LogP contribution >= 0.6 is 0 Å². The van der Waals surface area contributed by atoms with Crippen LogP contribution in [-0.4, -0.2) is 12.6 Å². The molecule has 0 N–H and O–H groups in total. The van der Waals surface area contributed by atoms with Gasteiger partial charge in [0.15, 0.2) is 0 Å². The van der Waals surface area contributed by atoms with Gasteiger partial charge < -0.3 is 4.74 Å². The average Bonchev–Trinajstić information content (AvgIpc) is 2.37. The summed E-state index contributed by atoms with van der Waals surface area (Å²) in [6.07, 6.45) is 7.20. The fourth-order valence-electron chi connectivity index (χ4n) is 1.52. The lowest BCUT2D eigenvalue weighted by Crippen LogP contribution is -2.06. The molecule has 0 aliphatic rings. The Kier molecular flexibility index (Phi) is 6.80. The summed E-state index contributed by atoms with van der Waals surface area (Å²) in [6.45, 7) is 2.52. The lowest BCUT2D eigenvalue weighted by molar-refractivity contribution is -0.143. The predicted molar refractivity (Wildman–Crippen MR) is 69.8 cm³/mol. The summed E-state index contributed by atoms with van der Waals surface area (Å²) in [5.41, 5.74) is 1.18. The molecule has 1 rings (SSSR count). The molecule has 17 heavy (non-hydrogen) atoms. The summed E-state index contributed by atoms with van der Waals surface area (Å²) < 4.78 is 5.14. The molecular weight excluding hydrogens is 212 g/mol. The molecule has 0 amide bonds. The number of allylic oxidation sites excluding steroid dienone is 2. The second-order valence-corrected chi connectivity index (χ2v) is 3.92. The molecule has 0 aliphatic carbocycles. The fraction of sp³-hybridized carbons (Fsp3) is 0.400. The first-order valence-electron chi connectivity index (χ1n) is 6.13. The second-order valence-electron chi connectivity index (χ2n) is 3.92. The third-order valence-corrected chi connectivity index (χ3v) is 2.47. The number of hydrogen-bond donors (Lipinski definition) is 0. The first kappa shape index (κ1) is 13.5. The quantitative estimate of drug-likeness (QED) is 0.408. The number of benzene rings is 1. The maximum Gasteiger partial charge on any atom is 0.306 e. The number of carbonyl (C=O) groups is 1. The molecule has 1 aromatic rings. The zero-order chi connectivity index (χ0) is 12.3. The van der Waals surface area contributed by atoms with E-state index in [-0.39, 0.29) is 5.97 Å². The number of esters is 1. The molecular formula is C15H20O2. The second kappa shape index (κ2) is 8.57. The molecule has 0 aliphatic heterocycles. The van der Waals surface area contributed by atoms with Gasteiger partial charge in [0.1, 0.15) is 0 Å². The molecule has 0 fully saturated rings. The molecule has 2 nitrogen and oxygen atoms in total. The van der Waals surface area contributed by atoms with Gasteiger partial charge in [-0.15, -0.1) is 0 Å². The highest BCUT2D eigenvalue weighted by atomic mass is 16.5. The zero-order valence-corrected chi connectivity index (χ0v) is 10.4. The molecule has 0 saturated carbocycles. The van der Waals surface area contributed by atoms with E-state index in [4.69, 9.17) is 4.74 Å². The molecule has 0 bridgehead atoms. The van der Waals surface area contributed by atoms with E-state index in [1.807, 2.05) is 43.3 Å². The van der Waals surface area contributed by atoms with Crippen LogP contribution < -0.4 is 0 Å². The Morgan fingerprint density at radius 3 is 2.76 bits per heavy atom. The van der Waals surface area contributed by atoms with Gasteiger partial charge in [-0.1, -0.05) is 42.5 Å². The standard InChI is InChI=1S/C15H20O2/c1-2-3-4-8-13-17-15(16)12-11-14-9-6-5-7-10-14/h2-3,5-7,9-10H,4,8,11-13H2,1H3/b3-2-. The van der Waals surface area contributed by atoms with Crippen molar-refractivity contribution in [2.45, 2.75) is 32.6 Å². The monoisotopic (exact) mass is 232 g/mol. The SMILES string of the molecule is C/C=C\CCCOC(=O)CCc1ccccc1. The van der Waals surface area contributed by atoms with E-state index in [9.17, 15) is 4.79 Å². The zero-order valence-electron chi connectivity index (χ0n) is 10.4. The molecule has 0 heterocycles. The minimum atomic E-state index is -0.102. The van der Waals surface area contributed by atoms with Crippen LogP contribution in [-0.2, 0) is 16.0 Å². The van der Waals surface area contributed by atoms with Crippen molar-refractivity contribution in [3.63, 3.8) is 0 Å². The molecule has 0 atom stereocenters. The minimum absolute atomic E-state index is 0.102. The van der Waals surface area contributed by atoms with E-state index < -0.39 is 0 Å². The van der Waals surface area contributed by atoms with Crippen LogP contribution in [0.5, 0.6) is 0 Å². The van der Waals surface area contributed by atoms with Crippen molar-refractivity contribution in [1.82, 2.24) is 0 Å². The van der Waals surface area contributed by atoms with E-state index >= 15 is 0 Å². The number of unbranched alkanes of at least 4 members (excludes halogenated alkanes) is 1. The van der Waals surface area contributed by atoms with E-state index in [1.165, 1.54) is 5.56 Å². The maximum absolute atomic E-state index is 11.4. The molecule has 1 aromatic carbocycles. The molecule has 0 unspecified atom stereocenters. The van der Waals surface area contributed by atoms with E-state index in [0.717, 1.165) is 19.3 Å². The third-order valence-electron chi connectivity index (χ3n) is 2.47. The highest BCUT2D eigenvalue weighted by Gasteiger charge is 2.02. The highest BCUT2D eigenvalue weighted by molar-refractivity contribution is 5.69. The van der Waals surface area contributed by atoms with Crippen LogP contribution in [0, 0.1) is 0 Å². The van der Waals surface area contributed by atoms with Crippen molar-refractivity contribution < 1.29 is 9.53 Å². The van der Waals surface area contributed by atoms with Crippen molar-refractivity contribution in [3.05, 3.63) is 48.0 Å². The Labute approximate surface area is 103 Å². The Morgan fingerprint density at radius 1 is 1.29 bits per heavy atom. The highest BCUT2D eigenvalue weighted by Crippen LogP contribution is 2.03. The van der Waals surface area contributed by atoms with Gasteiger partial charge in [0.2, 0.25) is 0 Å². The van der Waals surface area contributed by atoms with Gasteiger partial charge in [0, 0.05) is 6.42 Å². The van der Waals surface area contributed by atoms with E-state index in [1.54, 1.807) is 0 Å². The molecule has 0 spiro atoms. The van der Waals surface area contributed by atoms with E-state index in [2.05, 4.69) is 6.08 Å². The molecule has 0 radical (unpaired) electrons. The Morgan fingerprint density at radius 2 is 2.06 bits per heavy atom. The number of ether oxygens (including phenoxy) is 1. The summed E-state index contributed by atoms with van der Waals surface area (Å²) in [5, 5.41) is 0. The molecule has 2 heteroatoms. The number of hydrogen-bond acceptors (Lipinski definition) is 2. The van der Waals surface area contributed by atoms with Crippen molar-refractivity contribution >= 4 is 5.97 Å². The van der Waals surface area contributed by atoms with Crippen molar-refractivity contribution in [2.24, 2.45) is 0 Å². The maximum atomic E-state index is 11.4. The fourth-order valence-corrected chi connectivity index (χ4v) is 1.52. The van der Waals surface area contributed by atoms with Gasteiger partial charge in [-0.3, -0.25) is 4.79 Å². The minimum Gasteiger partial charge on any atom is -0.466 e. The van der Waals surface area contributed by atoms with Crippen LogP contribution in [0.1, 0.15) is 31.7 Å². The molecule has 0 saturated heterocycles. The van der Waals surface area contributed by atoms with Gasteiger partial charge in [-0.25, -0.2) is 0 Å². The number of carbonyl (C=O) groups excluding carboxylic acids is 1. The lowest BCUT2D eigenvalue weighted by Gasteiger charge is -2.03. The lowest BCUT2D eigenvalue weighted by atomic mass is 10.1. The number of rotatable bonds is 7. The predicted octanol–water partition coefficient (Wildman–Crippen LogP) is 3.52. The first-order valence-corrected chi connectivity index (χ1v) is 6.13. The van der Waals surface area contributed by atoms with Crippen LogP contribution in [0.3, 0.4) is 0 Å². The Hall–Kier alpha value is -1.57. The normalized spacial score (nSPS) is 10.6. The van der Waals surface area contributed by atoms with Crippen LogP contribution in [0.4, 0.5) is 0 Å². The van der Waals surface area contributed by atoms with Gasteiger partial charge in [-0.2, -0.15) is 0 Å². The summed E-state index contributed by atoms with van der Waals surface area (Å²) in [7, 11) is 0. The first-order chi connectivity index (χ1) is 8.33. The van der Waals surface area contributed by atoms with Gasteiger partial charge in [-0.05, 0) is 31.7 Å². The van der Waals surface area contributed by atoms with Gasteiger partial charge in [0.25, 0.3) is 0 Å². The summed E-state index contributed by atoms with van der Waals surface area (Å²) in [5.74, 6) is -0.102. The number of aryl methyl sites for hydroxylation is 1. The Balaban J connectivity index is 2.09. The summed E-state index contributed by atoms with van der Waals surface area (Å²) >= 11 is 0. The molecule has 0 aromatic heterocycles. The van der Waals surface area contributed by atoms with Crippen LogP contribution in [0.25, 0.3) is 0 Å². The van der Waals surface area contributed by atoms with Crippen LogP contribution in [0.2, 0.25) is 0 Å². The van der Waals surface area contributed by atoms with Crippen LogP contribution in [0.15, 0.2) is 42.5 Å². The molecule has 92 valence electrons. The van der Waals surface area contributed by atoms with Gasteiger partial charge in [0.05, 0.1) is 6.61 Å². The summed E-state index contributed by atoms with van der Waals surface area (Å²) in [6, 6.07) is 10.00. The third kappa shape index (κ3) is 6.56. The largest absolute Gasteiger partial charge is 0.466 e. The van der Waals surface area contributed by atoms with Crippen molar-refractivity contribution in [1.29, 1.82) is 0 Å². The van der Waals surface area contributed by atoms with E-state index in [0.29, 0.717) is 13.0 Å². The average molecular weight is 232 g/mol.